The van der Waals surface area contributed by atoms with Gasteiger partial charge in [0.15, 0.2) is 0 Å². The Labute approximate surface area is 145 Å². The van der Waals surface area contributed by atoms with Crippen LogP contribution in [-0.4, -0.2) is 22.7 Å². The van der Waals surface area contributed by atoms with Gasteiger partial charge >= 0.3 is 0 Å². The molecule has 0 bridgehead atoms. The van der Waals surface area contributed by atoms with E-state index in [0.717, 1.165) is 11.1 Å². The molecule has 0 spiro atoms. The Bertz CT molecular complexity index is 745. The molecule has 2 rings (SSSR count). The summed E-state index contributed by atoms with van der Waals surface area (Å²) in [4.78, 5) is 39.2. The summed E-state index contributed by atoms with van der Waals surface area (Å²) in [6.45, 7) is 3.35. The fourth-order valence-electron chi connectivity index (χ4n) is 2.23. The van der Waals surface area contributed by atoms with Crippen LogP contribution in [0.5, 0.6) is 0 Å². The number of nitrogens with one attached hydrogen (secondary N) is 3. The van der Waals surface area contributed by atoms with Crippen molar-refractivity contribution in [2.45, 2.75) is 26.3 Å². The van der Waals surface area contributed by atoms with Crippen LogP contribution in [-0.2, 0) is 9.59 Å². The summed E-state index contributed by atoms with van der Waals surface area (Å²) in [6, 6.07) is 10.3. The van der Waals surface area contributed by atoms with E-state index in [0.29, 0.717) is 5.56 Å². The van der Waals surface area contributed by atoms with Gasteiger partial charge in [-0.15, -0.1) is 0 Å². The summed E-state index contributed by atoms with van der Waals surface area (Å²) in [5, 5.41) is 2.74. The number of nitrogens with zero attached hydrogens (tertiary/aromatic N) is 1. The average Bonchev–Trinajstić information content (AvgIpc) is 2.60. The van der Waals surface area contributed by atoms with Gasteiger partial charge in [0, 0.05) is 19.3 Å². The maximum absolute atomic E-state index is 12.1. The van der Waals surface area contributed by atoms with E-state index in [9.17, 15) is 14.4 Å². The molecule has 1 aromatic carbocycles. The molecule has 3 N–H and O–H groups in total. The second-order valence-corrected chi connectivity index (χ2v) is 5.61. The monoisotopic (exact) mass is 340 g/mol. The second-order valence-electron chi connectivity index (χ2n) is 5.61. The first kappa shape index (κ1) is 18.1. The molecular formula is C18H20N4O3. The molecule has 0 unspecified atom stereocenters. The third-order valence-electron chi connectivity index (χ3n) is 3.49. The number of amides is 3. The molecular weight excluding hydrogens is 320 g/mol. The van der Waals surface area contributed by atoms with Gasteiger partial charge in [0.05, 0.1) is 18.0 Å². The van der Waals surface area contributed by atoms with E-state index in [-0.39, 0.29) is 12.3 Å². The van der Waals surface area contributed by atoms with Gasteiger partial charge < -0.3 is 5.32 Å². The van der Waals surface area contributed by atoms with E-state index in [1.807, 2.05) is 31.2 Å². The fraction of sp³-hybridized carbons (Fsp3) is 0.222. The van der Waals surface area contributed by atoms with E-state index in [2.05, 4.69) is 21.2 Å². The first-order valence-corrected chi connectivity index (χ1v) is 7.78. The van der Waals surface area contributed by atoms with Crippen LogP contribution < -0.4 is 16.2 Å². The van der Waals surface area contributed by atoms with Crippen LogP contribution in [0.15, 0.2) is 48.8 Å². The van der Waals surface area contributed by atoms with Crippen molar-refractivity contribution in [3.63, 3.8) is 0 Å². The molecule has 2 aromatic rings. The second kappa shape index (κ2) is 8.58. The summed E-state index contributed by atoms with van der Waals surface area (Å²) in [5.41, 5.74) is 6.90. The number of benzene rings is 1. The topological polar surface area (TPSA) is 100 Å². The number of hydrazine groups is 1. The first-order chi connectivity index (χ1) is 12.0. The zero-order valence-electron chi connectivity index (χ0n) is 14.1. The number of carbonyl (C=O) groups excluding carboxylic acids is 3. The van der Waals surface area contributed by atoms with Gasteiger partial charge in [0.1, 0.15) is 0 Å². The van der Waals surface area contributed by atoms with Crippen molar-refractivity contribution in [2.24, 2.45) is 0 Å². The Morgan fingerprint density at radius 3 is 2.40 bits per heavy atom. The molecule has 0 fully saturated rings. The predicted molar refractivity (Wildman–Crippen MR) is 92.2 cm³/mol. The molecule has 0 radical (unpaired) electrons. The molecule has 0 aliphatic heterocycles. The smallest absolute Gasteiger partial charge is 0.271 e. The number of hydrogen-bond acceptors (Lipinski definition) is 4. The van der Waals surface area contributed by atoms with Crippen LogP contribution >= 0.6 is 0 Å². The summed E-state index contributed by atoms with van der Waals surface area (Å²) < 4.78 is 0. The van der Waals surface area contributed by atoms with E-state index < -0.39 is 17.9 Å². The van der Waals surface area contributed by atoms with Crippen molar-refractivity contribution in [1.29, 1.82) is 0 Å². The number of pyridine rings is 1. The maximum atomic E-state index is 12.1. The normalized spacial score (nSPS) is 11.3. The standard InChI is InChI=1S/C18H20N4O3/c1-12-5-7-14(8-6-12)16(20-13(2)23)10-17(24)21-22-18(25)15-4-3-9-19-11-15/h3-9,11,16H,10H2,1-2H3,(H,20,23)(H,21,24)(H,22,25)/t16-/m0/s1. The number of carbonyl (C=O) groups is 3. The summed E-state index contributed by atoms with van der Waals surface area (Å²) >= 11 is 0. The largest absolute Gasteiger partial charge is 0.349 e. The van der Waals surface area contributed by atoms with Crippen molar-refractivity contribution in [2.75, 3.05) is 0 Å². The summed E-state index contributed by atoms with van der Waals surface area (Å²) in [6.07, 6.45) is 2.94. The van der Waals surface area contributed by atoms with Gasteiger partial charge in [-0.3, -0.25) is 30.2 Å². The van der Waals surface area contributed by atoms with Crippen molar-refractivity contribution in [3.05, 3.63) is 65.5 Å². The van der Waals surface area contributed by atoms with Crippen molar-refractivity contribution < 1.29 is 14.4 Å². The third kappa shape index (κ3) is 5.72. The van der Waals surface area contributed by atoms with Crippen molar-refractivity contribution in [1.82, 2.24) is 21.2 Å². The van der Waals surface area contributed by atoms with Gasteiger partial charge in [-0.1, -0.05) is 29.8 Å². The molecule has 0 aliphatic carbocycles. The highest BCUT2D eigenvalue weighted by molar-refractivity contribution is 5.95. The van der Waals surface area contributed by atoms with Crippen LogP contribution in [0.3, 0.4) is 0 Å². The quantitative estimate of drug-likeness (QED) is 0.717. The molecule has 7 heteroatoms. The number of rotatable bonds is 5. The van der Waals surface area contributed by atoms with Gasteiger partial charge in [-0.2, -0.15) is 0 Å². The van der Waals surface area contributed by atoms with E-state index in [1.54, 1.807) is 18.3 Å². The lowest BCUT2D eigenvalue weighted by Crippen LogP contribution is -2.43. The highest BCUT2D eigenvalue weighted by Gasteiger charge is 2.17. The zero-order valence-corrected chi connectivity index (χ0v) is 14.1. The SMILES string of the molecule is CC(=O)N[C@@H](CC(=O)NNC(=O)c1cccnc1)c1ccc(C)cc1. The Kier molecular flexibility index (Phi) is 6.22. The zero-order chi connectivity index (χ0) is 18.2. The Hall–Kier alpha value is -3.22. The molecule has 1 atom stereocenters. The highest BCUT2D eigenvalue weighted by atomic mass is 16.2. The molecule has 1 aromatic heterocycles. The Balaban J connectivity index is 1.96. The lowest BCUT2D eigenvalue weighted by atomic mass is 10.0. The van der Waals surface area contributed by atoms with Crippen molar-refractivity contribution >= 4 is 17.7 Å². The molecule has 0 saturated carbocycles. The van der Waals surface area contributed by atoms with Crippen molar-refractivity contribution in [3.8, 4) is 0 Å². The number of aromatic nitrogens is 1. The molecule has 3 amide bonds. The van der Waals surface area contributed by atoms with Gasteiger partial charge in [0.2, 0.25) is 11.8 Å². The number of aryl methyl sites for hydroxylation is 1. The van der Waals surface area contributed by atoms with E-state index in [1.165, 1.54) is 13.1 Å². The van der Waals surface area contributed by atoms with Gasteiger partial charge in [-0.25, -0.2) is 0 Å². The Morgan fingerprint density at radius 1 is 1.08 bits per heavy atom. The molecule has 25 heavy (non-hydrogen) atoms. The predicted octanol–water partition coefficient (Wildman–Crippen LogP) is 1.42. The fourth-order valence-corrected chi connectivity index (χ4v) is 2.23. The first-order valence-electron chi connectivity index (χ1n) is 7.78. The lowest BCUT2D eigenvalue weighted by molar-refractivity contribution is -0.123. The van der Waals surface area contributed by atoms with E-state index >= 15 is 0 Å². The summed E-state index contributed by atoms with van der Waals surface area (Å²) in [7, 11) is 0. The average molecular weight is 340 g/mol. The highest BCUT2D eigenvalue weighted by Crippen LogP contribution is 2.17. The molecule has 130 valence electrons. The lowest BCUT2D eigenvalue weighted by Gasteiger charge is -2.18. The van der Waals surface area contributed by atoms with Gasteiger partial charge in [0.25, 0.3) is 5.91 Å². The van der Waals surface area contributed by atoms with E-state index in [4.69, 9.17) is 0 Å². The minimum absolute atomic E-state index is 0.00401. The minimum atomic E-state index is -0.478. The van der Waals surface area contributed by atoms with Crippen LogP contribution in [0, 0.1) is 6.92 Å². The summed E-state index contributed by atoms with van der Waals surface area (Å²) in [5.74, 6) is -1.12. The van der Waals surface area contributed by atoms with Gasteiger partial charge in [-0.05, 0) is 24.6 Å². The Morgan fingerprint density at radius 2 is 1.80 bits per heavy atom. The van der Waals surface area contributed by atoms with Crippen LogP contribution in [0.1, 0.15) is 40.9 Å². The third-order valence-corrected chi connectivity index (χ3v) is 3.49. The molecule has 7 nitrogen and oxygen atoms in total. The molecule has 0 aliphatic rings. The molecule has 1 heterocycles. The number of hydrogen-bond donors (Lipinski definition) is 3. The maximum Gasteiger partial charge on any atom is 0.271 e. The molecule has 0 saturated heterocycles. The minimum Gasteiger partial charge on any atom is -0.349 e. The van der Waals surface area contributed by atoms with Crippen LogP contribution in [0.4, 0.5) is 0 Å². The van der Waals surface area contributed by atoms with Crippen LogP contribution in [0.25, 0.3) is 0 Å². The van der Waals surface area contributed by atoms with Crippen LogP contribution in [0.2, 0.25) is 0 Å².